The Balaban J connectivity index is 1.96. The molecule has 4 heteroatoms. The van der Waals surface area contributed by atoms with Gasteiger partial charge in [0, 0.05) is 16.5 Å². The number of benzene rings is 1. The van der Waals surface area contributed by atoms with Gasteiger partial charge in [0.05, 0.1) is 23.9 Å². The van der Waals surface area contributed by atoms with Crippen molar-refractivity contribution < 1.29 is 4.74 Å². The monoisotopic (exact) mass is 300 g/mol. The number of hydrogen-bond acceptors (Lipinski definition) is 3. The predicted octanol–water partition coefficient (Wildman–Crippen LogP) is 4.55. The van der Waals surface area contributed by atoms with Gasteiger partial charge in [-0.2, -0.15) is 0 Å². The molecule has 0 radical (unpaired) electrons. The first-order valence-corrected chi connectivity index (χ1v) is 8.03. The summed E-state index contributed by atoms with van der Waals surface area (Å²) in [6.07, 6.45) is 2.30. The molecule has 3 rings (SSSR count). The van der Waals surface area contributed by atoms with Crippen LogP contribution in [-0.4, -0.2) is 15.7 Å². The van der Waals surface area contributed by atoms with Crippen molar-refractivity contribution in [3.05, 3.63) is 46.0 Å². The SMILES string of the molecule is Cc1nc(Cn2ccc3c(OC(C)C)cccc32)sc1C. The first-order valence-electron chi connectivity index (χ1n) is 7.22. The van der Waals surface area contributed by atoms with Gasteiger partial charge in [-0.25, -0.2) is 4.98 Å². The number of thiazole rings is 1. The average molecular weight is 300 g/mol. The molecule has 0 spiro atoms. The van der Waals surface area contributed by atoms with Gasteiger partial charge >= 0.3 is 0 Å². The molecular formula is C17H20N2OS. The van der Waals surface area contributed by atoms with E-state index in [2.05, 4.69) is 61.6 Å². The number of ether oxygens (including phenoxy) is 1. The molecule has 0 amide bonds. The second-order valence-corrected chi connectivity index (χ2v) is 6.84. The molecule has 0 aliphatic heterocycles. The summed E-state index contributed by atoms with van der Waals surface area (Å²) >= 11 is 1.77. The van der Waals surface area contributed by atoms with Gasteiger partial charge in [-0.3, -0.25) is 0 Å². The molecule has 0 fully saturated rings. The van der Waals surface area contributed by atoms with Gasteiger partial charge in [-0.05, 0) is 45.9 Å². The van der Waals surface area contributed by atoms with Gasteiger partial charge in [-0.1, -0.05) is 6.07 Å². The van der Waals surface area contributed by atoms with Crippen molar-refractivity contribution in [3.63, 3.8) is 0 Å². The fourth-order valence-corrected chi connectivity index (χ4v) is 3.38. The van der Waals surface area contributed by atoms with E-state index in [0.717, 1.165) is 28.4 Å². The summed E-state index contributed by atoms with van der Waals surface area (Å²) in [7, 11) is 0. The molecule has 0 aliphatic rings. The smallest absolute Gasteiger partial charge is 0.129 e. The van der Waals surface area contributed by atoms with E-state index in [1.165, 1.54) is 10.4 Å². The third kappa shape index (κ3) is 2.81. The molecule has 1 aromatic carbocycles. The molecule has 2 aromatic heterocycles. The highest BCUT2D eigenvalue weighted by Gasteiger charge is 2.10. The summed E-state index contributed by atoms with van der Waals surface area (Å²) in [5.74, 6) is 0.952. The number of rotatable bonds is 4. The molecule has 0 saturated heterocycles. The zero-order valence-electron chi connectivity index (χ0n) is 12.9. The number of aryl methyl sites for hydroxylation is 2. The molecular weight excluding hydrogens is 280 g/mol. The van der Waals surface area contributed by atoms with Crippen LogP contribution < -0.4 is 4.74 Å². The summed E-state index contributed by atoms with van der Waals surface area (Å²) in [6.45, 7) is 9.11. The summed E-state index contributed by atoms with van der Waals surface area (Å²) in [5, 5.41) is 2.31. The second kappa shape index (κ2) is 5.53. The lowest BCUT2D eigenvalue weighted by atomic mass is 10.2. The molecule has 110 valence electrons. The second-order valence-electron chi connectivity index (χ2n) is 5.55. The van der Waals surface area contributed by atoms with Gasteiger partial charge in [0.1, 0.15) is 10.8 Å². The minimum atomic E-state index is 0.184. The fourth-order valence-electron chi connectivity index (χ4n) is 2.44. The normalized spacial score (nSPS) is 11.5. The standard InChI is InChI=1S/C17H20N2OS/c1-11(2)20-16-7-5-6-15-14(16)8-9-19(15)10-17-18-12(3)13(4)21-17/h5-9,11H,10H2,1-4H3. The van der Waals surface area contributed by atoms with Crippen molar-refractivity contribution in [2.24, 2.45) is 0 Å². The number of hydrogen-bond donors (Lipinski definition) is 0. The highest BCUT2D eigenvalue weighted by molar-refractivity contribution is 7.11. The minimum Gasteiger partial charge on any atom is -0.490 e. The molecule has 2 heterocycles. The van der Waals surface area contributed by atoms with E-state index in [1.54, 1.807) is 11.3 Å². The largest absolute Gasteiger partial charge is 0.490 e. The van der Waals surface area contributed by atoms with Crippen LogP contribution in [0.1, 0.15) is 29.4 Å². The Hall–Kier alpha value is -1.81. The van der Waals surface area contributed by atoms with Crippen LogP contribution in [0.2, 0.25) is 0 Å². The van der Waals surface area contributed by atoms with Crippen LogP contribution in [0.4, 0.5) is 0 Å². The molecule has 3 aromatic rings. The van der Waals surface area contributed by atoms with Crippen molar-refractivity contribution >= 4 is 22.2 Å². The van der Waals surface area contributed by atoms with E-state index in [-0.39, 0.29) is 6.10 Å². The van der Waals surface area contributed by atoms with Crippen molar-refractivity contribution in [1.82, 2.24) is 9.55 Å². The Morgan fingerprint density at radius 2 is 2.05 bits per heavy atom. The maximum atomic E-state index is 5.89. The zero-order chi connectivity index (χ0) is 15.0. The van der Waals surface area contributed by atoms with Gasteiger partial charge in [0.25, 0.3) is 0 Å². The number of fused-ring (bicyclic) bond motifs is 1. The molecule has 0 aliphatic carbocycles. The Labute approximate surface area is 129 Å². The minimum absolute atomic E-state index is 0.184. The number of aromatic nitrogens is 2. The van der Waals surface area contributed by atoms with Crippen molar-refractivity contribution in [1.29, 1.82) is 0 Å². The van der Waals surface area contributed by atoms with Crippen LogP contribution in [0.5, 0.6) is 5.75 Å². The van der Waals surface area contributed by atoms with E-state index in [4.69, 9.17) is 4.74 Å². The van der Waals surface area contributed by atoms with Crippen LogP contribution in [0, 0.1) is 13.8 Å². The predicted molar refractivity (Wildman–Crippen MR) is 88.4 cm³/mol. The molecule has 0 N–H and O–H groups in total. The summed E-state index contributed by atoms with van der Waals surface area (Å²) in [5.41, 5.74) is 2.33. The van der Waals surface area contributed by atoms with Gasteiger partial charge in [0.15, 0.2) is 0 Å². The first-order chi connectivity index (χ1) is 10.0. The maximum Gasteiger partial charge on any atom is 0.129 e. The van der Waals surface area contributed by atoms with Crippen LogP contribution in [-0.2, 0) is 6.54 Å². The topological polar surface area (TPSA) is 27.1 Å². The maximum absolute atomic E-state index is 5.89. The van der Waals surface area contributed by atoms with E-state index in [1.807, 2.05) is 6.07 Å². The Morgan fingerprint density at radius 1 is 1.24 bits per heavy atom. The quantitative estimate of drug-likeness (QED) is 0.707. The van der Waals surface area contributed by atoms with E-state index in [9.17, 15) is 0 Å². The lowest BCUT2D eigenvalue weighted by Crippen LogP contribution is -2.05. The highest BCUT2D eigenvalue weighted by Crippen LogP contribution is 2.28. The van der Waals surface area contributed by atoms with E-state index >= 15 is 0 Å². The van der Waals surface area contributed by atoms with Gasteiger partial charge in [-0.15, -0.1) is 11.3 Å². The molecule has 0 bridgehead atoms. The van der Waals surface area contributed by atoms with Crippen LogP contribution >= 0.6 is 11.3 Å². The first kappa shape index (κ1) is 14.1. The van der Waals surface area contributed by atoms with E-state index in [0.29, 0.717) is 0 Å². The molecule has 21 heavy (non-hydrogen) atoms. The molecule has 3 nitrogen and oxygen atoms in total. The third-order valence-corrected chi connectivity index (χ3v) is 4.57. The van der Waals surface area contributed by atoms with Crippen molar-refractivity contribution in [2.75, 3.05) is 0 Å². The lowest BCUT2D eigenvalue weighted by Gasteiger charge is -2.11. The summed E-state index contributed by atoms with van der Waals surface area (Å²) in [6, 6.07) is 8.34. The molecule has 0 unspecified atom stereocenters. The van der Waals surface area contributed by atoms with Crippen LogP contribution in [0.25, 0.3) is 10.9 Å². The van der Waals surface area contributed by atoms with Crippen LogP contribution in [0.3, 0.4) is 0 Å². The Morgan fingerprint density at radius 3 is 2.71 bits per heavy atom. The number of nitrogens with zero attached hydrogens (tertiary/aromatic N) is 2. The fraction of sp³-hybridized carbons (Fsp3) is 0.353. The Bertz CT molecular complexity index is 751. The highest BCUT2D eigenvalue weighted by atomic mass is 32.1. The lowest BCUT2D eigenvalue weighted by molar-refractivity contribution is 0.245. The van der Waals surface area contributed by atoms with Gasteiger partial charge in [0.2, 0.25) is 0 Å². The van der Waals surface area contributed by atoms with Gasteiger partial charge < -0.3 is 9.30 Å². The van der Waals surface area contributed by atoms with Crippen molar-refractivity contribution in [3.8, 4) is 5.75 Å². The Kier molecular flexibility index (Phi) is 3.72. The molecule has 0 atom stereocenters. The zero-order valence-corrected chi connectivity index (χ0v) is 13.7. The van der Waals surface area contributed by atoms with Crippen LogP contribution in [0.15, 0.2) is 30.5 Å². The average Bonchev–Trinajstić information content (AvgIpc) is 2.95. The van der Waals surface area contributed by atoms with Crippen molar-refractivity contribution in [2.45, 2.75) is 40.3 Å². The third-order valence-electron chi connectivity index (χ3n) is 3.51. The summed E-state index contributed by atoms with van der Waals surface area (Å²) < 4.78 is 8.12. The summed E-state index contributed by atoms with van der Waals surface area (Å²) in [4.78, 5) is 5.93. The molecule has 0 saturated carbocycles. The van der Waals surface area contributed by atoms with E-state index < -0.39 is 0 Å².